The average molecular weight is 192 g/mol. The third-order valence-electron chi connectivity index (χ3n) is 2.26. The van der Waals surface area contributed by atoms with Gasteiger partial charge < -0.3 is 19.7 Å². The van der Waals surface area contributed by atoms with Gasteiger partial charge >= 0.3 is 0 Å². The van der Waals surface area contributed by atoms with Crippen molar-refractivity contribution in [2.45, 2.75) is 25.6 Å². The molecular formula is C9H20O4. The summed E-state index contributed by atoms with van der Waals surface area (Å²) in [6, 6.07) is 0. The van der Waals surface area contributed by atoms with Gasteiger partial charge in [-0.3, -0.25) is 0 Å². The topological polar surface area (TPSA) is 58.9 Å². The highest BCUT2D eigenvalue weighted by Crippen LogP contribution is 2.13. The molecule has 0 saturated carbocycles. The number of hydrogen-bond acceptors (Lipinski definition) is 4. The maximum Gasteiger partial charge on any atom is 0.0826 e. The fourth-order valence-electron chi connectivity index (χ4n) is 1.18. The van der Waals surface area contributed by atoms with E-state index in [2.05, 4.69) is 0 Å². The molecule has 0 saturated heterocycles. The lowest BCUT2D eigenvalue weighted by atomic mass is 10.00. The first-order valence-electron chi connectivity index (χ1n) is 4.46. The van der Waals surface area contributed by atoms with Gasteiger partial charge in [-0.15, -0.1) is 0 Å². The fraction of sp³-hybridized carbons (Fsp3) is 1.00. The summed E-state index contributed by atoms with van der Waals surface area (Å²) < 4.78 is 10.2. The average Bonchev–Trinajstić information content (AvgIpc) is 2.19. The minimum absolute atomic E-state index is 0.0193. The first kappa shape index (κ1) is 12.8. The second-order valence-corrected chi connectivity index (χ2v) is 3.21. The molecule has 0 bridgehead atoms. The smallest absolute Gasteiger partial charge is 0.0826 e. The quantitative estimate of drug-likeness (QED) is 0.597. The molecule has 0 heterocycles. The van der Waals surface area contributed by atoms with Gasteiger partial charge in [0.2, 0.25) is 0 Å². The zero-order valence-corrected chi connectivity index (χ0v) is 8.56. The predicted octanol–water partition coefficient (Wildman–Crippen LogP) is 0.0272. The van der Waals surface area contributed by atoms with Crippen LogP contribution in [0, 0.1) is 5.92 Å². The van der Waals surface area contributed by atoms with Gasteiger partial charge in [-0.2, -0.15) is 0 Å². The Hall–Kier alpha value is -0.160. The van der Waals surface area contributed by atoms with E-state index in [1.54, 1.807) is 14.2 Å². The summed E-state index contributed by atoms with van der Waals surface area (Å²) in [6.07, 6.45) is 0.326. The highest BCUT2D eigenvalue weighted by Gasteiger charge is 2.20. The van der Waals surface area contributed by atoms with Crippen LogP contribution < -0.4 is 0 Å². The van der Waals surface area contributed by atoms with Crippen molar-refractivity contribution in [3.63, 3.8) is 0 Å². The Morgan fingerprint density at radius 2 is 1.69 bits per heavy atom. The van der Waals surface area contributed by atoms with E-state index in [4.69, 9.17) is 19.7 Å². The van der Waals surface area contributed by atoms with E-state index in [-0.39, 0.29) is 31.3 Å². The molecule has 0 fully saturated rings. The molecule has 0 aliphatic rings. The van der Waals surface area contributed by atoms with Crippen molar-refractivity contribution in [2.75, 3.05) is 27.4 Å². The minimum atomic E-state index is -0.209. The van der Waals surface area contributed by atoms with Crippen LogP contribution in [-0.4, -0.2) is 49.9 Å². The Kier molecular flexibility index (Phi) is 7.17. The lowest BCUT2D eigenvalue weighted by molar-refractivity contribution is -0.0312. The van der Waals surface area contributed by atoms with Crippen molar-refractivity contribution in [3.05, 3.63) is 0 Å². The van der Waals surface area contributed by atoms with Gasteiger partial charge in [0, 0.05) is 33.2 Å². The molecule has 0 aromatic heterocycles. The van der Waals surface area contributed by atoms with E-state index < -0.39 is 0 Å². The predicted molar refractivity (Wildman–Crippen MR) is 49.5 cm³/mol. The van der Waals surface area contributed by atoms with E-state index in [1.165, 1.54) is 0 Å². The van der Waals surface area contributed by atoms with Crippen molar-refractivity contribution in [3.8, 4) is 0 Å². The molecule has 0 radical (unpaired) electrons. The molecule has 4 nitrogen and oxygen atoms in total. The molecule has 13 heavy (non-hydrogen) atoms. The first-order chi connectivity index (χ1) is 6.19. The highest BCUT2D eigenvalue weighted by atomic mass is 16.5. The molecule has 0 aliphatic heterocycles. The van der Waals surface area contributed by atoms with Gasteiger partial charge in [0.1, 0.15) is 0 Å². The molecule has 3 atom stereocenters. The SMILES string of the molecule is CO[C@@H](CO)C[C@H](OC)[C@@H](C)CO. The molecule has 0 amide bonds. The van der Waals surface area contributed by atoms with Crippen LogP contribution >= 0.6 is 0 Å². The van der Waals surface area contributed by atoms with Gasteiger partial charge in [0.05, 0.1) is 18.8 Å². The summed E-state index contributed by atoms with van der Waals surface area (Å²) in [4.78, 5) is 0. The Morgan fingerprint density at radius 3 is 2.00 bits per heavy atom. The van der Waals surface area contributed by atoms with E-state index in [0.717, 1.165) is 0 Å². The number of aliphatic hydroxyl groups excluding tert-OH is 2. The van der Waals surface area contributed by atoms with Crippen LogP contribution in [0.3, 0.4) is 0 Å². The molecule has 0 aromatic rings. The number of hydrogen-bond donors (Lipinski definition) is 2. The molecule has 0 unspecified atom stereocenters. The van der Waals surface area contributed by atoms with Crippen molar-refractivity contribution in [1.29, 1.82) is 0 Å². The zero-order chi connectivity index (χ0) is 10.3. The highest BCUT2D eigenvalue weighted by molar-refractivity contribution is 4.70. The number of ether oxygens (including phenoxy) is 2. The van der Waals surface area contributed by atoms with Crippen LogP contribution in [0.25, 0.3) is 0 Å². The Balaban J connectivity index is 3.94. The van der Waals surface area contributed by atoms with Gasteiger partial charge in [-0.25, -0.2) is 0 Å². The minimum Gasteiger partial charge on any atom is -0.396 e. The standard InChI is InChI=1S/C9H20O4/c1-7(5-10)9(13-3)4-8(6-11)12-2/h7-11H,4-6H2,1-3H3/t7-,8+,9-/m0/s1. The normalized spacial score (nSPS) is 18.2. The largest absolute Gasteiger partial charge is 0.396 e. The second kappa shape index (κ2) is 7.26. The molecular weight excluding hydrogens is 172 g/mol. The van der Waals surface area contributed by atoms with Crippen molar-refractivity contribution in [1.82, 2.24) is 0 Å². The molecule has 80 valence electrons. The summed E-state index contributed by atoms with van der Waals surface area (Å²) >= 11 is 0. The van der Waals surface area contributed by atoms with E-state index in [1.807, 2.05) is 6.92 Å². The van der Waals surface area contributed by atoms with Crippen LogP contribution in [0.2, 0.25) is 0 Å². The third kappa shape index (κ3) is 4.57. The summed E-state index contributed by atoms with van der Waals surface area (Å²) in [5, 5.41) is 17.8. The van der Waals surface area contributed by atoms with Crippen LogP contribution in [0.1, 0.15) is 13.3 Å². The van der Waals surface area contributed by atoms with Crippen molar-refractivity contribution < 1.29 is 19.7 Å². The van der Waals surface area contributed by atoms with Crippen LogP contribution in [0.4, 0.5) is 0 Å². The molecule has 4 heteroatoms. The fourth-order valence-corrected chi connectivity index (χ4v) is 1.18. The van der Waals surface area contributed by atoms with Gasteiger partial charge in [-0.1, -0.05) is 6.92 Å². The Bertz CT molecular complexity index is 114. The van der Waals surface area contributed by atoms with Gasteiger partial charge in [0.25, 0.3) is 0 Å². The number of aliphatic hydroxyl groups is 2. The number of methoxy groups -OCH3 is 2. The lowest BCUT2D eigenvalue weighted by Gasteiger charge is -2.24. The summed E-state index contributed by atoms with van der Waals surface area (Å²) in [5.74, 6) is 0.0641. The molecule has 0 spiro atoms. The molecule has 2 N–H and O–H groups in total. The Morgan fingerprint density at radius 1 is 1.08 bits per heavy atom. The van der Waals surface area contributed by atoms with E-state index in [0.29, 0.717) is 6.42 Å². The van der Waals surface area contributed by atoms with Gasteiger partial charge in [-0.05, 0) is 0 Å². The van der Waals surface area contributed by atoms with Gasteiger partial charge in [0.15, 0.2) is 0 Å². The summed E-state index contributed by atoms with van der Waals surface area (Å²) in [5.41, 5.74) is 0. The molecule has 0 aliphatic carbocycles. The first-order valence-corrected chi connectivity index (χ1v) is 4.46. The maximum absolute atomic E-state index is 8.91. The monoisotopic (exact) mass is 192 g/mol. The maximum atomic E-state index is 8.91. The third-order valence-corrected chi connectivity index (χ3v) is 2.26. The molecule has 0 aromatic carbocycles. The Labute approximate surface area is 79.5 Å². The van der Waals surface area contributed by atoms with Crippen LogP contribution in [0.5, 0.6) is 0 Å². The van der Waals surface area contributed by atoms with Crippen LogP contribution in [-0.2, 0) is 9.47 Å². The lowest BCUT2D eigenvalue weighted by Crippen LogP contribution is -2.30. The summed E-state index contributed by atoms with van der Waals surface area (Å²) in [7, 11) is 3.15. The van der Waals surface area contributed by atoms with Crippen molar-refractivity contribution in [2.24, 2.45) is 5.92 Å². The summed E-state index contributed by atoms with van der Waals surface area (Å²) in [6.45, 7) is 1.97. The number of rotatable bonds is 7. The second-order valence-electron chi connectivity index (χ2n) is 3.21. The van der Waals surface area contributed by atoms with Crippen molar-refractivity contribution >= 4 is 0 Å². The molecule has 0 rings (SSSR count). The zero-order valence-electron chi connectivity index (χ0n) is 8.56. The van der Waals surface area contributed by atoms with E-state index >= 15 is 0 Å². The van der Waals surface area contributed by atoms with Crippen LogP contribution in [0.15, 0.2) is 0 Å². The van der Waals surface area contributed by atoms with E-state index in [9.17, 15) is 0 Å².